The minimum Gasteiger partial charge on any atom is -0.497 e. The number of benzene rings is 2. The summed E-state index contributed by atoms with van der Waals surface area (Å²) < 4.78 is 18.0. The Labute approximate surface area is 194 Å². The third kappa shape index (κ3) is 4.34. The van der Waals surface area contributed by atoms with E-state index in [9.17, 15) is 9.59 Å². The molecule has 0 saturated heterocycles. The number of hydrogen-bond donors (Lipinski definition) is 0. The molecule has 0 spiro atoms. The van der Waals surface area contributed by atoms with Crippen molar-refractivity contribution in [1.29, 1.82) is 0 Å². The van der Waals surface area contributed by atoms with Gasteiger partial charge in [0.2, 0.25) is 0 Å². The minimum absolute atomic E-state index is 0.225. The first-order valence-electron chi connectivity index (χ1n) is 10.4. The molecule has 2 heterocycles. The van der Waals surface area contributed by atoms with Crippen molar-refractivity contribution in [3.8, 4) is 11.5 Å². The number of thiazole rings is 1. The molecule has 0 radical (unpaired) electrons. The molecule has 3 aromatic rings. The van der Waals surface area contributed by atoms with Crippen LogP contribution in [0.25, 0.3) is 6.08 Å². The van der Waals surface area contributed by atoms with E-state index in [4.69, 9.17) is 14.2 Å². The van der Waals surface area contributed by atoms with Crippen molar-refractivity contribution in [2.75, 3.05) is 20.8 Å². The van der Waals surface area contributed by atoms with Gasteiger partial charge in [-0.1, -0.05) is 35.6 Å². The summed E-state index contributed by atoms with van der Waals surface area (Å²) in [6.07, 6.45) is 1.81. The maximum absolute atomic E-state index is 13.6. The second-order valence-corrected chi connectivity index (χ2v) is 8.36. The third-order valence-corrected chi connectivity index (χ3v) is 6.32. The molecule has 0 fully saturated rings. The highest BCUT2D eigenvalue weighted by molar-refractivity contribution is 7.07. The van der Waals surface area contributed by atoms with E-state index in [1.165, 1.54) is 11.3 Å². The Morgan fingerprint density at radius 1 is 1.12 bits per heavy atom. The van der Waals surface area contributed by atoms with Gasteiger partial charge in [-0.3, -0.25) is 9.36 Å². The number of allylic oxidation sites excluding steroid dienone is 1. The summed E-state index contributed by atoms with van der Waals surface area (Å²) in [4.78, 5) is 31.6. The van der Waals surface area contributed by atoms with Crippen LogP contribution in [-0.2, 0) is 9.53 Å². The van der Waals surface area contributed by atoms with E-state index < -0.39 is 12.0 Å². The lowest BCUT2D eigenvalue weighted by atomic mass is 9.96. The average Bonchev–Trinajstić information content (AvgIpc) is 3.12. The van der Waals surface area contributed by atoms with Gasteiger partial charge < -0.3 is 14.2 Å². The summed E-state index contributed by atoms with van der Waals surface area (Å²) in [7, 11) is 3.19. The Balaban J connectivity index is 1.93. The molecule has 0 N–H and O–H groups in total. The highest BCUT2D eigenvalue weighted by Gasteiger charge is 2.33. The van der Waals surface area contributed by atoms with Crippen molar-refractivity contribution < 1.29 is 19.0 Å². The highest BCUT2D eigenvalue weighted by atomic mass is 32.1. The van der Waals surface area contributed by atoms with Gasteiger partial charge in [-0.15, -0.1) is 0 Å². The van der Waals surface area contributed by atoms with Gasteiger partial charge in [0, 0.05) is 0 Å². The Hall–Kier alpha value is -3.65. The van der Waals surface area contributed by atoms with Crippen molar-refractivity contribution in [3.05, 3.63) is 90.6 Å². The molecule has 1 aromatic heterocycles. The number of carbonyl (C=O) groups excluding carboxylic acids is 1. The van der Waals surface area contributed by atoms with Gasteiger partial charge in [-0.25, -0.2) is 9.79 Å². The fourth-order valence-electron chi connectivity index (χ4n) is 3.78. The van der Waals surface area contributed by atoms with Crippen LogP contribution in [0.4, 0.5) is 0 Å². The molecular formula is C25H24N2O5S. The van der Waals surface area contributed by atoms with Crippen molar-refractivity contribution >= 4 is 23.4 Å². The first kappa shape index (κ1) is 22.5. The van der Waals surface area contributed by atoms with Gasteiger partial charge in [-0.05, 0) is 55.3 Å². The second kappa shape index (κ2) is 9.46. The lowest BCUT2D eigenvalue weighted by Gasteiger charge is -2.24. The van der Waals surface area contributed by atoms with E-state index in [-0.39, 0.29) is 12.2 Å². The summed E-state index contributed by atoms with van der Waals surface area (Å²) in [5.74, 6) is 0.900. The molecule has 0 aliphatic carbocycles. The highest BCUT2D eigenvalue weighted by Crippen LogP contribution is 2.31. The first-order chi connectivity index (χ1) is 16.0. The van der Waals surface area contributed by atoms with Gasteiger partial charge in [0.1, 0.15) is 11.5 Å². The van der Waals surface area contributed by atoms with Crippen LogP contribution < -0.4 is 24.4 Å². The van der Waals surface area contributed by atoms with Crippen LogP contribution in [0.3, 0.4) is 0 Å². The molecule has 170 valence electrons. The molecule has 0 bridgehead atoms. The molecule has 1 atom stereocenters. The Kier molecular flexibility index (Phi) is 6.46. The number of esters is 1. The molecule has 7 nitrogen and oxygen atoms in total. The Morgan fingerprint density at radius 2 is 1.85 bits per heavy atom. The molecule has 0 amide bonds. The maximum Gasteiger partial charge on any atom is 0.338 e. The minimum atomic E-state index is -0.654. The van der Waals surface area contributed by atoms with Crippen molar-refractivity contribution in [1.82, 2.24) is 4.57 Å². The van der Waals surface area contributed by atoms with Gasteiger partial charge in [-0.2, -0.15) is 0 Å². The summed E-state index contributed by atoms with van der Waals surface area (Å²) >= 11 is 1.28. The maximum atomic E-state index is 13.6. The molecule has 2 aromatic carbocycles. The van der Waals surface area contributed by atoms with Crippen LogP contribution in [0.1, 0.15) is 31.0 Å². The summed E-state index contributed by atoms with van der Waals surface area (Å²) in [6, 6.07) is 14.1. The summed E-state index contributed by atoms with van der Waals surface area (Å²) in [6.45, 7) is 3.74. The van der Waals surface area contributed by atoms with Crippen LogP contribution >= 0.6 is 11.3 Å². The molecule has 4 rings (SSSR count). The predicted molar refractivity (Wildman–Crippen MR) is 126 cm³/mol. The van der Waals surface area contributed by atoms with E-state index in [1.54, 1.807) is 50.8 Å². The number of aromatic nitrogens is 1. The van der Waals surface area contributed by atoms with Gasteiger partial charge in [0.15, 0.2) is 4.80 Å². The number of fused-ring (bicyclic) bond motifs is 1. The largest absolute Gasteiger partial charge is 0.497 e. The number of nitrogens with zero attached hydrogens (tertiary/aromatic N) is 2. The van der Waals surface area contributed by atoms with E-state index in [0.29, 0.717) is 32.1 Å². The van der Waals surface area contributed by atoms with Gasteiger partial charge in [0.25, 0.3) is 5.56 Å². The molecule has 1 aliphatic rings. The van der Waals surface area contributed by atoms with Crippen molar-refractivity contribution in [2.45, 2.75) is 19.9 Å². The third-order valence-electron chi connectivity index (χ3n) is 5.34. The zero-order chi connectivity index (χ0) is 23.5. The first-order valence-corrected chi connectivity index (χ1v) is 11.3. The van der Waals surface area contributed by atoms with Gasteiger partial charge >= 0.3 is 5.97 Å². The van der Waals surface area contributed by atoms with Gasteiger partial charge in [0.05, 0.1) is 42.7 Å². The molecule has 1 aliphatic heterocycles. The summed E-state index contributed by atoms with van der Waals surface area (Å²) in [5.41, 5.74) is 2.26. The van der Waals surface area contributed by atoms with Crippen LogP contribution in [0.5, 0.6) is 11.5 Å². The van der Waals surface area contributed by atoms with Crippen molar-refractivity contribution in [2.24, 2.45) is 4.99 Å². The van der Waals surface area contributed by atoms with Crippen molar-refractivity contribution in [3.63, 3.8) is 0 Å². The number of hydrogen-bond acceptors (Lipinski definition) is 7. The van der Waals surface area contributed by atoms with E-state index >= 15 is 0 Å². The topological polar surface area (TPSA) is 79.1 Å². The molecule has 8 heteroatoms. The average molecular weight is 465 g/mol. The normalized spacial score (nSPS) is 15.6. The lowest BCUT2D eigenvalue weighted by molar-refractivity contribution is -0.139. The number of carbonyl (C=O) groups is 1. The lowest BCUT2D eigenvalue weighted by Crippen LogP contribution is -2.39. The standard InChI is InChI=1S/C25H24N2O5S/c1-5-32-24(29)21-15(2)26-25-27(22(21)17-9-11-18(30-3)12-10-17)23(28)20(33-25)14-16-7-6-8-19(13-16)31-4/h6-14,22H,5H2,1-4H3/t22-/m0/s1. The molecular weight excluding hydrogens is 440 g/mol. The van der Waals surface area contributed by atoms with Crippen LogP contribution in [0.2, 0.25) is 0 Å². The number of methoxy groups -OCH3 is 2. The van der Waals surface area contributed by atoms with E-state index in [2.05, 4.69) is 4.99 Å². The second-order valence-electron chi connectivity index (χ2n) is 7.35. The fourth-order valence-corrected chi connectivity index (χ4v) is 4.82. The fraction of sp³-hybridized carbons (Fsp3) is 0.240. The Bertz CT molecular complexity index is 1400. The molecule has 33 heavy (non-hydrogen) atoms. The number of rotatable bonds is 6. The van der Waals surface area contributed by atoms with Crippen LogP contribution in [0, 0.1) is 0 Å². The SMILES string of the molecule is CCOC(=O)C1=C(C)N=c2sc(=Cc3cccc(OC)c3)c(=O)n2[C@H]1c1ccc(OC)cc1. The zero-order valence-corrected chi connectivity index (χ0v) is 19.6. The van der Waals surface area contributed by atoms with Crippen LogP contribution in [0.15, 0.2) is 69.6 Å². The van der Waals surface area contributed by atoms with E-state index in [1.807, 2.05) is 36.4 Å². The predicted octanol–water partition coefficient (Wildman–Crippen LogP) is 2.82. The molecule has 0 unspecified atom stereocenters. The zero-order valence-electron chi connectivity index (χ0n) is 18.8. The molecule has 0 saturated carbocycles. The quantitative estimate of drug-likeness (QED) is 0.524. The summed E-state index contributed by atoms with van der Waals surface area (Å²) in [5, 5.41) is 0. The van der Waals surface area contributed by atoms with Crippen LogP contribution in [-0.4, -0.2) is 31.4 Å². The monoisotopic (exact) mass is 464 g/mol. The smallest absolute Gasteiger partial charge is 0.338 e. The Morgan fingerprint density at radius 3 is 2.52 bits per heavy atom. The van der Waals surface area contributed by atoms with E-state index in [0.717, 1.165) is 11.1 Å². The number of ether oxygens (including phenoxy) is 3.